The lowest BCUT2D eigenvalue weighted by Crippen LogP contribution is -2.46. The predicted molar refractivity (Wildman–Crippen MR) is 76.9 cm³/mol. The standard InChI is InChI=1S/C14H22ClN3/c1-11(10-18-8-6-17-7-9-18)14(16)12-2-4-13(15)5-3-12/h2-5,11,14,17H,6-10,16H2,1H3. The molecule has 2 unspecified atom stereocenters. The molecule has 1 aliphatic rings. The third kappa shape index (κ3) is 3.69. The Balaban J connectivity index is 1.91. The van der Waals surface area contributed by atoms with Crippen LogP contribution in [-0.4, -0.2) is 37.6 Å². The van der Waals surface area contributed by atoms with E-state index in [1.807, 2.05) is 24.3 Å². The van der Waals surface area contributed by atoms with Crippen molar-refractivity contribution in [1.82, 2.24) is 10.2 Å². The molecule has 4 heteroatoms. The van der Waals surface area contributed by atoms with Crippen LogP contribution < -0.4 is 11.1 Å². The van der Waals surface area contributed by atoms with Gasteiger partial charge in [-0.25, -0.2) is 0 Å². The van der Waals surface area contributed by atoms with E-state index in [4.69, 9.17) is 17.3 Å². The van der Waals surface area contributed by atoms with E-state index in [-0.39, 0.29) is 6.04 Å². The molecule has 3 nitrogen and oxygen atoms in total. The second kappa shape index (κ2) is 6.53. The summed E-state index contributed by atoms with van der Waals surface area (Å²) < 4.78 is 0. The van der Waals surface area contributed by atoms with Crippen LogP contribution in [0, 0.1) is 5.92 Å². The molecule has 0 aliphatic carbocycles. The first kappa shape index (κ1) is 13.8. The number of nitrogens with two attached hydrogens (primary N) is 1. The molecule has 1 heterocycles. The van der Waals surface area contributed by atoms with Gasteiger partial charge in [-0.15, -0.1) is 0 Å². The van der Waals surface area contributed by atoms with E-state index >= 15 is 0 Å². The molecule has 1 aromatic carbocycles. The molecule has 0 amide bonds. The molecule has 0 saturated carbocycles. The van der Waals surface area contributed by atoms with Crippen molar-refractivity contribution in [3.05, 3.63) is 34.9 Å². The van der Waals surface area contributed by atoms with Gasteiger partial charge in [0.2, 0.25) is 0 Å². The SMILES string of the molecule is CC(CN1CCNCC1)C(N)c1ccc(Cl)cc1. The molecule has 1 aliphatic heterocycles. The fourth-order valence-electron chi connectivity index (χ4n) is 2.43. The summed E-state index contributed by atoms with van der Waals surface area (Å²) in [7, 11) is 0. The van der Waals surface area contributed by atoms with E-state index in [1.165, 1.54) is 5.56 Å². The first-order valence-electron chi connectivity index (χ1n) is 6.61. The second-order valence-corrected chi connectivity index (χ2v) is 5.54. The Bertz CT molecular complexity index is 360. The van der Waals surface area contributed by atoms with Gasteiger partial charge in [0.05, 0.1) is 0 Å². The van der Waals surface area contributed by atoms with Gasteiger partial charge >= 0.3 is 0 Å². The van der Waals surface area contributed by atoms with Crippen LogP contribution in [0.1, 0.15) is 18.5 Å². The van der Waals surface area contributed by atoms with Crippen molar-refractivity contribution in [2.75, 3.05) is 32.7 Å². The van der Waals surface area contributed by atoms with E-state index in [1.54, 1.807) is 0 Å². The van der Waals surface area contributed by atoms with Crippen LogP contribution in [0.2, 0.25) is 5.02 Å². The lowest BCUT2D eigenvalue weighted by atomic mass is 9.95. The minimum Gasteiger partial charge on any atom is -0.324 e. The zero-order valence-electron chi connectivity index (χ0n) is 10.9. The summed E-state index contributed by atoms with van der Waals surface area (Å²) >= 11 is 5.90. The van der Waals surface area contributed by atoms with E-state index in [0.717, 1.165) is 37.7 Å². The first-order valence-corrected chi connectivity index (χ1v) is 6.99. The van der Waals surface area contributed by atoms with Crippen LogP contribution in [0.15, 0.2) is 24.3 Å². The second-order valence-electron chi connectivity index (χ2n) is 5.11. The van der Waals surface area contributed by atoms with Gasteiger partial charge in [0.1, 0.15) is 0 Å². The molecule has 2 rings (SSSR count). The summed E-state index contributed by atoms with van der Waals surface area (Å²) in [5.74, 6) is 0.448. The molecule has 0 radical (unpaired) electrons. The van der Waals surface area contributed by atoms with Crippen molar-refractivity contribution < 1.29 is 0 Å². The summed E-state index contributed by atoms with van der Waals surface area (Å²) in [6, 6.07) is 7.96. The molecule has 1 saturated heterocycles. The van der Waals surface area contributed by atoms with Crippen LogP contribution in [0.4, 0.5) is 0 Å². The Labute approximate surface area is 114 Å². The topological polar surface area (TPSA) is 41.3 Å². The summed E-state index contributed by atoms with van der Waals surface area (Å²) in [6.07, 6.45) is 0. The Hall–Kier alpha value is -0.610. The van der Waals surface area contributed by atoms with Crippen molar-refractivity contribution in [3.63, 3.8) is 0 Å². The third-order valence-corrected chi connectivity index (χ3v) is 3.88. The maximum Gasteiger partial charge on any atom is 0.0406 e. The van der Waals surface area contributed by atoms with Gasteiger partial charge in [0.15, 0.2) is 0 Å². The van der Waals surface area contributed by atoms with Crippen LogP contribution in [-0.2, 0) is 0 Å². The highest BCUT2D eigenvalue weighted by Crippen LogP contribution is 2.22. The number of benzene rings is 1. The highest BCUT2D eigenvalue weighted by atomic mass is 35.5. The lowest BCUT2D eigenvalue weighted by Gasteiger charge is -2.31. The van der Waals surface area contributed by atoms with Crippen molar-refractivity contribution in [3.8, 4) is 0 Å². The molecule has 100 valence electrons. The quantitative estimate of drug-likeness (QED) is 0.875. The minimum atomic E-state index is 0.0807. The van der Waals surface area contributed by atoms with Gasteiger partial charge in [0.25, 0.3) is 0 Å². The monoisotopic (exact) mass is 267 g/mol. The summed E-state index contributed by atoms with van der Waals surface area (Å²) in [5, 5.41) is 4.13. The van der Waals surface area contributed by atoms with Crippen LogP contribution in [0.3, 0.4) is 0 Å². The molecule has 1 fully saturated rings. The third-order valence-electron chi connectivity index (χ3n) is 3.62. The zero-order valence-corrected chi connectivity index (χ0v) is 11.7. The summed E-state index contributed by atoms with van der Waals surface area (Å²) in [4.78, 5) is 2.48. The average molecular weight is 268 g/mol. The van der Waals surface area contributed by atoms with Crippen molar-refractivity contribution >= 4 is 11.6 Å². The fourth-order valence-corrected chi connectivity index (χ4v) is 2.55. The molecule has 2 atom stereocenters. The van der Waals surface area contributed by atoms with Gasteiger partial charge in [-0.1, -0.05) is 30.7 Å². The minimum absolute atomic E-state index is 0.0807. The van der Waals surface area contributed by atoms with Crippen LogP contribution in [0.5, 0.6) is 0 Å². The Kier molecular flexibility index (Phi) is 5.01. The van der Waals surface area contributed by atoms with E-state index in [2.05, 4.69) is 17.1 Å². The first-order chi connectivity index (χ1) is 8.66. The van der Waals surface area contributed by atoms with E-state index in [0.29, 0.717) is 5.92 Å². The zero-order chi connectivity index (χ0) is 13.0. The molecular weight excluding hydrogens is 246 g/mol. The molecule has 1 aromatic rings. The van der Waals surface area contributed by atoms with E-state index < -0.39 is 0 Å². The number of rotatable bonds is 4. The number of piperazine rings is 1. The van der Waals surface area contributed by atoms with Crippen LogP contribution in [0.25, 0.3) is 0 Å². The smallest absolute Gasteiger partial charge is 0.0406 e. The molecule has 0 spiro atoms. The van der Waals surface area contributed by atoms with Crippen molar-refractivity contribution in [2.45, 2.75) is 13.0 Å². The van der Waals surface area contributed by atoms with E-state index in [9.17, 15) is 0 Å². The Morgan fingerprint density at radius 1 is 1.28 bits per heavy atom. The summed E-state index contributed by atoms with van der Waals surface area (Å²) in [6.45, 7) is 7.70. The van der Waals surface area contributed by atoms with Gasteiger partial charge in [-0.3, -0.25) is 0 Å². The van der Waals surface area contributed by atoms with Gasteiger partial charge in [0, 0.05) is 43.8 Å². The largest absolute Gasteiger partial charge is 0.324 e. The molecule has 18 heavy (non-hydrogen) atoms. The van der Waals surface area contributed by atoms with Crippen molar-refractivity contribution in [2.24, 2.45) is 11.7 Å². The lowest BCUT2D eigenvalue weighted by molar-refractivity contribution is 0.199. The Morgan fingerprint density at radius 3 is 2.50 bits per heavy atom. The predicted octanol–water partition coefficient (Wildman–Crippen LogP) is 1.88. The fraction of sp³-hybridized carbons (Fsp3) is 0.571. The van der Waals surface area contributed by atoms with Crippen LogP contribution >= 0.6 is 11.6 Å². The van der Waals surface area contributed by atoms with Gasteiger partial charge < -0.3 is 16.0 Å². The molecular formula is C14H22ClN3. The number of nitrogens with zero attached hydrogens (tertiary/aromatic N) is 1. The molecule has 3 N–H and O–H groups in total. The van der Waals surface area contributed by atoms with Crippen molar-refractivity contribution in [1.29, 1.82) is 0 Å². The normalized spacial score (nSPS) is 20.6. The Morgan fingerprint density at radius 2 is 1.89 bits per heavy atom. The highest BCUT2D eigenvalue weighted by molar-refractivity contribution is 6.30. The maximum atomic E-state index is 6.32. The number of hydrogen-bond acceptors (Lipinski definition) is 3. The maximum absolute atomic E-state index is 6.32. The average Bonchev–Trinajstić information content (AvgIpc) is 2.40. The number of nitrogens with one attached hydrogen (secondary N) is 1. The van der Waals surface area contributed by atoms with Gasteiger partial charge in [-0.05, 0) is 23.6 Å². The van der Waals surface area contributed by atoms with Gasteiger partial charge in [-0.2, -0.15) is 0 Å². The summed E-state index contributed by atoms with van der Waals surface area (Å²) in [5.41, 5.74) is 7.49. The number of halogens is 1. The molecule has 0 aromatic heterocycles. The number of hydrogen-bond donors (Lipinski definition) is 2. The molecule has 0 bridgehead atoms. The highest BCUT2D eigenvalue weighted by Gasteiger charge is 2.19.